The first kappa shape index (κ1) is 14.0. The molecule has 1 atom stereocenters. The van der Waals surface area contributed by atoms with Crippen LogP contribution in [-0.4, -0.2) is 17.6 Å². The van der Waals surface area contributed by atoms with Crippen molar-refractivity contribution in [2.75, 3.05) is 11.4 Å². The minimum Gasteiger partial charge on any atom is -0.356 e. The highest BCUT2D eigenvalue weighted by Crippen LogP contribution is 2.31. The van der Waals surface area contributed by atoms with Gasteiger partial charge in [-0.05, 0) is 45.2 Å². The van der Waals surface area contributed by atoms with Crippen LogP contribution in [-0.2, 0) is 0 Å². The Morgan fingerprint density at radius 3 is 2.26 bits per heavy atom. The van der Waals surface area contributed by atoms with Gasteiger partial charge in [0.25, 0.3) is 0 Å². The topological polar surface area (TPSA) is 6.48 Å². The summed E-state index contributed by atoms with van der Waals surface area (Å²) in [5.74, 6) is 0. The zero-order valence-corrected chi connectivity index (χ0v) is 12.9. The van der Waals surface area contributed by atoms with Crippen molar-refractivity contribution >= 4 is 5.69 Å². The predicted octanol–water partition coefficient (Wildman–Crippen LogP) is 4.35. The summed E-state index contributed by atoms with van der Waals surface area (Å²) in [6.45, 7) is 12.3. The Morgan fingerprint density at radius 1 is 1.05 bits per heavy atom. The summed E-state index contributed by atoms with van der Waals surface area (Å²) >= 11 is 0. The normalized spacial score (nSPS) is 18.5. The van der Waals surface area contributed by atoms with Crippen molar-refractivity contribution in [2.45, 2.75) is 53.6 Å². The zero-order valence-electron chi connectivity index (χ0n) is 12.9. The number of hydrogen-bond acceptors (Lipinski definition) is 2. The van der Waals surface area contributed by atoms with Crippen LogP contribution in [0.2, 0.25) is 0 Å². The molecule has 1 heterocycles. The minimum absolute atomic E-state index is 0.423. The number of anilines is 1. The fourth-order valence-electron chi connectivity index (χ4n) is 3.01. The van der Waals surface area contributed by atoms with Crippen molar-refractivity contribution in [3.63, 3.8) is 0 Å². The van der Waals surface area contributed by atoms with Crippen LogP contribution in [0.1, 0.15) is 43.4 Å². The molecule has 2 nitrogen and oxygen atoms in total. The lowest BCUT2D eigenvalue weighted by Gasteiger charge is -2.32. The van der Waals surface area contributed by atoms with Crippen molar-refractivity contribution in [1.29, 1.82) is 0 Å². The Morgan fingerprint density at radius 2 is 1.68 bits per heavy atom. The summed E-state index contributed by atoms with van der Waals surface area (Å²) < 4.78 is 0. The van der Waals surface area contributed by atoms with Gasteiger partial charge in [0, 0.05) is 24.6 Å². The highest BCUT2D eigenvalue weighted by atomic mass is 15.4. The molecule has 0 N–H and O–H groups in total. The SMILES string of the molecule is CCCCN1C=CN(c2c(C)cc(C)cc2C)C1C. The number of rotatable bonds is 4. The molecule has 1 unspecified atom stereocenters. The van der Waals surface area contributed by atoms with E-state index >= 15 is 0 Å². The van der Waals surface area contributed by atoms with Gasteiger partial charge in [-0.1, -0.05) is 31.0 Å². The molecule has 1 aliphatic heterocycles. The summed E-state index contributed by atoms with van der Waals surface area (Å²) in [4.78, 5) is 4.84. The van der Waals surface area contributed by atoms with Gasteiger partial charge in [-0.3, -0.25) is 0 Å². The van der Waals surface area contributed by atoms with Crippen molar-refractivity contribution < 1.29 is 0 Å². The Labute approximate surface area is 117 Å². The van der Waals surface area contributed by atoms with Crippen LogP contribution in [0.3, 0.4) is 0 Å². The maximum atomic E-state index is 2.43. The molecule has 1 aromatic rings. The lowest BCUT2D eigenvalue weighted by Crippen LogP contribution is -2.37. The highest BCUT2D eigenvalue weighted by molar-refractivity contribution is 5.63. The maximum Gasteiger partial charge on any atom is 0.102 e. The fraction of sp³-hybridized carbons (Fsp3) is 0.529. The first-order chi connectivity index (χ1) is 9.04. The monoisotopic (exact) mass is 258 g/mol. The lowest BCUT2D eigenvalue weighted by molar-refractivity contribution is 0.313. The van der Waals surface area contributed by atoms with Crippen molar-refractivity contribution in [2.24, 2.45) is 0 Å². The number of nitrogens with zero attached hydrogens (tertiary/aromatic N) is 2. The van der Waals surface area contributed by atoms with Crippen LogP contribution in [0.4, 0.5) is 5.69 Å². The molecule has 0 saturated carbocycles. The molecule has 0 radical (unpaired) electrons. The quantitative estimate of drug-likeness (QED) is 0.792. The van der Waals surface area contributed by atoms with E-state index in [1.54, 1.807) is 0 Å². The van der Waals surface area contributed by atoms with Gasteiger partial charge in [0.1, 0.15) is 6.17 Å². The average Bonchev–Trinajstić information content (AvgIpc) is 2.68. The Kier molecular flexibility index (Phi) is 4.18. The molecular weight excluding hydrogens is 232 g/mol. The smallest absolute Gasteiger partial charge is 0.102 e. The van der Waals surface area contributed by atoms with Crippen molar-refractivity contribution in [3.05, 3.63) is 41.2 Å². The van der Waals surface area contributed by atoms with Gasteiger partial charge in [-0.2, -0.15) is 0 Å². The van der Waals surface area contributed by atoms with Gasteiger partial charge in [0.05, 0.1) is 0 Å². The van der Waals surface area contributed by atoms with Crippen molar-refractivity contribution in [1.82, 2.24) is 4.90 Å². The van der Waals surface area contributed by atoms with Gasteiger partial charge < -0.3 is 9.80 Å². The molecule has 0 amide bonds. The van der Waals surface area contributed by atoms with E-state index in [0.29, 0.717) is 6.17 Å². The zero-order chi connectivity index (χ0) is 14.0. The third kappa shape index (κ3) is 2.78. The molecule has 2 rings (SSSR count). The maximum absolute atomic E-state index is 2.43. The summed E-state index contributed by atoms with van der Waals surface area (Å²) in [5.41, 5.74) is 5.45. The Balaban J connectivity index is 2.23. The highest BCUT2D eigenvalue weighted by Gasteiger charge is 2.24. The lowest BCUT2D eigenvalue weighted by atomic mass is 10.0. The Bertz CT molecular complexity index is 453. The summed E-state index contributed by atoms with van der Waals surface area (Å²) in [6.07, 6.45) is 7.39. The number of unbranched alkanes of at least 4 members (excludes halogenated alkanes) is 1. The number of hydrogen-bond donors (Lipinski definition) is 0. The van der Waals surface area contributed by atoms with E-state index < -0.39 is 0 Å². The average molecular weight is 258 g/mol. The van der Waals surface area contributed by atoms with E-state index in [1.807, 2.05) is 0 Å². The van der Waals surface area contributed by atoms with Crippen LogP contribution in [0, 0.1) is 20.8 Å². The molecular formula is C17H26N2. The molecule has 0 aromatic heterocycles. The van der Waals surface area contributed by atoms with Crippen LogP contribution >= 0.6 is 0 Å². The van der Waals surface area contributed by atoms with Gasteiger partial charge in [-0.25, -0.2) is 0 Å². The third-order valence-corrected chi connectivity index (χ3v) is 3.96. The summed E-state index contributed by atoms with van der Waals surface area (Å²) in [5, 5.41) is 0. The number of aryl methyl sites for hydroxylation is 3. The molecule has 0 fully saturated rings. The van der Waals surface area contributed by atoms with E-state index in [-0.39, 0.29) is 0 Å². The van der Waals surface area contributed by atoms with Gasteiger partial charge in [-0.15, -0.1) is 0 Å². The first-order valence-corrected chi connectivity index (χ1v) is 7.35. The van der Waals surface area contributed by atoms with Gasteiger partial charge in [0.15, 0.2) is 0 Å². The number of benzene rings is 1. The van der Waals surface area contributed by atoms with Crippen molar-refractivity contribution in [3.8, 4) is 0 Å². The molecule has 0 saturated heterocycles. The molecule has 2 heteroatoms. The molecule has 1 aromatic carbocycles. The standard InChI is InChI=1S/C17H26N2/c1-6-7-8-18-9-10-19(16(18)5)17-14(3)11-13(2)12-15(17)4/h9-12,16H,6-8H2,1-5H3. The Hall–Kier alpha value is -1.44. The van der Waals surface area contributed by atoms with E-state index in [2.05, 4.69) is 69.0 Å². The minimum atomic E-state index is 0.423. The van der Waals surface area contributed by atoms with Gasteiger partial charge in [0.2, 0.25) is 0 Å². The molecule has 0 spiro atoms. The molecule has 1 aliphatic rings. The van der Waals surface area contributed by atoms with E-state index in [1.165, 1.54) is 35.2 Å². The van der Waals surface area contributed by atoms with Crippen LogP contribution in [0.25, 0.3) is 0 Å². The molecule has 0 bridgehead atoms. The van der Waals surface area contributed by atoms with Gasteiger partial charge >= 0.3 is 0 Å². The van der Waals surface area contributed by atoms with E-state index in [4.69, 9.17) is 0 Å². The fourth-order valence-corrected chi connectivity index (χ4v) is 3.01. The summed E-state index contributed by atoms with van der Waals surface area (Å²) in [6, 6.07) is 4.55. The van der Waals surface area contributed by atoms with Crippen LogP contribution < -0.4 is 4.90 Å². The van der Waals surface area contributed by atoms with Crippen LogP contribution in [0.15, 0.2) is 24.5 Å². The second-order valence-corrected chi connectivity index (χ2v) is 5.68. The molecule has 19 heavy (non-hydrogen) atoms. The predicted molar refractivity (Wildman–Crippen MR) is 83.3 cm³/mol. The van der Waals surface area contributed by atoms with E-state index in [0.717, 1.165) is 6.54 Å². The van der Waals surface area contributed by atoms with E-state index in [9.17, 15) is 0 Å². The largest absolute Gasteiger partial charge is 0.356 e. The second-order valence-electron chi connectivity index (χ2n) is 5.68. The molecule has 104 valence electrons. The second kappa shape index (κ2) is 5.68. The third-order valence-electron chi connectivity index (χ3n) is 3.96. The van der Waals surface area contributed by atoms with Crippen LogP contribution in [0.5, 0.6) is 0 Å². The summed E-state index contributed by atoms with van der Waals surface area (Å²) in [7, 11) is 0. The molecule has 0 aliphatic carbocycles. The first-order valence-electron chi connectivity index (χ1n) is 7.35.